The van der Waals surface area contributed by atoms with E-state index in [1.165, 1.54) is 0 Å². The van der Waals surface area contributed by atoms with E-state index in [0.717, 1.165) is 21.7 Å². The molecule has 112 valence electrons. The Morgan fingerprint density at radius 3 is 2.55 bits per heavy atom. The van der Waals surface area contributed by atoms with Crippen molar-refractivity contribution in [3.63, 3.8) is 0 Å². The van der Waals surface area contributed by atoms with Gasteiger partial charge in [0.05, 0.1) is 11.1 Å². The summed E-state index contributed by atoms with van der Waals surface area (Å²) in [6.45, 7) is 2.32. The predicted molar refractivity (Wildman–Crippen MR) is 93.6 cm³/mol. The number of hydrogen-bond acceptors (Lipinski definition) is 3. The smallest absolute Gasteiger partial charge is 0.287 e. The molecule has 22 heavy (non-hydrogen) atoms. The van der Waals surface area contributed by atoms with Crippen molar-refractivity contribution in [3.05, 3.63) is 71.5 Å². The van der Waals surface area contributed by atoms with E-state index in [1.54, 1.807) is 22.2 Å². The molecule has 0 unspecified atom stereocenters. The van der Waals surface area contributed by atoms with Crippen LogP contribution in [0.2, 0.25) is 0 Å². The van der Waals surface area contributed by atoms with Gasteiger partial charge in [0.1, 0.15) is 0 Å². The van der Waals surface area contributed by atoms with E-state index in [0.29, 0.717) is 6.54 Å². The minimum Gasteiger partial charge on any atom is -0.290 e. The van der Waals surface area contributed by atoms with Crippen LogP contribution in [0.1, 0.15) is 15.9 Å². The van der Waals surface area contributed by atoms with E-state index in [9.17, 15) is 4.79 Å². The number of halogens is 1. The molecule has 0 N–H and O–H groups in total. The number of nitrogens with zero attached hydrogens (tertiary/aromatic N) is 2. The van der Waals surface area contributed by atoms with Gasteiger partial charge in [-0.2, -0.15) is 0 Å². The van der Waals surface area contributed by atoms with Crippen molar-refractivity contribution < 1.29 is 9.36 Å². The third-order valence-corrected chi connectivity index (χ3v) is 4.13. The number of Topliss-reactive ketones (excluding diaryl/α,β-unsaturated/α-hetero) is 1. The zero-order valence-electron chi connectivity index (χ0n) is 12.1. The molecular formula is C17H16BrN2OS+. The number of carbonyl (C=O) groups excluding carboxylic acids is 1. The average Bonchev–Trinajstić information content (AvgIpc) is 3.03. The van der Waals surface area contributed by atoms with E-state index in [2.05, 4.69) is 4.98 Å². The molecule has 3 rings (SSSR count). The molecule has 0 amide bonds. The number of benzene rings is 1. The lowest BCUT2D eigenvalue weighted by Gasteiger charge is -2.01. The van der Waals surface area contributed by atoms with Crippen LogP contribution in [0, 0.1) is 6.92 Å². The Hall–Kier alpha value is -1.85. The highest BCUT2D eigenvalue weighted by atomic mass is 79.9. The van der Waals surface area contributed by atoms with Crippen LogP contribution in [0.4, 0.5) is 0 Å². The van der Waals surface area contributed by atoms with Crippen molar-refractivity contribution >= 4 is 34.1 Å². The first kappa shape index (κ1) is 16.5. The number of thiophene rings is 1. The minimum atomic E-state index is 0. The van der Waals surface area contributed by atoms with Crippen LogP contribution >= 0.6 is 28.3 Å². The highest BCUT2D eigenvalue weighted by Gasteiger charge is 2.11. The van der Waals surface area contributed by atoms with Gasteiger partial charge < -0.3 is 0 Å². The number of rotatable bonds is 4. The normalized spacial score (nSPS) is 10.0. The van der Waals surface area contributed by atoms with Crippen LogP contribution in [0.15, 0.2) is 60.4 Å². The molecular weight excluding hydrogens is 360 g/mol. The Labute approximate surface area is 144 Å². The van der Waals surface area contributed by atoms with E-state index >= 15 is 0 Å². The van der Waals surface area contributed by atoms with E-state index in [1.807, 2.05) is 61.0 Å². The fourth-order valence-electron chi connectivity index (χ4n) is 2.04. The summed E-state index contributed by atoms with van der Waals surface area (Å²) in [5.41, 5.74) is 2.82. The summed E-state index contributed by atoms with van der Waals surface area (Å²) in [5.74, 6) is 0.0886. The lowest BCUT2D eigenvalue weighted by molar-refractivity contribution is -0.686. The van der Waals surface area contributed by atoms with Crippen molar-refractivity contribution in [2.45, 2.75) is 13.5 Å². The highest BCUT2D eigenvalue weighted by Crippen LogP contribution is 2.20. The molecule has 3 nitrogen and oxygen atoms in total. The van der Waals surface area contributed by atoms with Crippen LogP contribution < -0.4 is 4.57 Å². The minimum absolute atomic E-state index is 0. The standard InChI is InChI=1S/C17H15N2OS.BrH/c1-13-4-6-14(7-5-13)16(20)11-19-9-8-15(18-12-19)17-3-2-10-21-17;/h2-10,12H,11H2,1H3;1H/q+1;. The second kappa shape index (κ2) is 7.42. The van der Waals surface area contributed by atoms with Crippen molar-refractivity contribution in [1.29, 1.82) is 0 Å². The van der Waals surface area contributed by atoms with Crippen LogP contribution in [0.3, 0.4) is 0 Å². The van der Waals surface area contributed by atoms with Crippen molar-refractivity contribution in [1.82, 2.24) is 4.98 Å². The third kappa shape index (κ3) is 3.87. The molecule has 0 atom stereocenters. The molecule has 5 heteroatoms. The number of aryl methyl sites for hydroxylation is 1. The maximum atomic E-state index is 12.2. The zero-order chi connectivity index (χ0) is 14.7. The SMILES string of the molecule is Br.Cc1ccc(C(=O)C[n+]2ccc(-c3cccs3)nc2)cc1. The van der Waals surface area contributed by atoms with Gasteiger partial charge in [-0.1, -0.05) is 35.9 Å². The van der Waals surface area contributed by atoms with Crippen LogP contribution in [0.25, 0.3) is 10.6 Å². The molecule has 3 aromatic rings. The molecule has 2 heterocycles. The van der Waals surface area contributed by atoms with Gasteiger partial charge in [0, 0.05) is 11.6 Å². The van der Waals surface area contributed by atoms with Crippen molar-refractivity contribution in [2.24, 2.45) is 0 Å². The van der Waals surface area contributed by atoms with Gasteiger partial charge in [-0.3, -0.25) is 4.79 Å². The van der Waals surface area contributed by atoms with Crippen LogP contribution in [-0.4, -0.2) is 10.8 Å². The Balaban J connectivity index is 0.00000176. The fraction of sp³-hybridized carbons (Fsp3) is 0.118. The molecule has 0 aliphatic heterocycles. The van der Waals surface area contributed by atoms with Gasteiger partial charge in [-0.25, -0.2) is 4.57 Å². The van der Waals surface area contributed by atoms with Gasteiger partial charge >= 0.3 is 0 Å². The summed E-state index contributed by atoms with van der Waals surface area (Å²) in [6.07, 6.45) is 3.61. The van der Waals surface area contributed by atoms with Crippen LogP contribution in [-0.2, 0) is 6.54 Å². The Kier molecular flexibility index (Phi) is 5.57. The van der Waals surface area contributed by atoms with Gasteiger partial charge in [-0.05, 0) is 23.4 Å². The molecule has 0 aliphatic carbocycles. The molecule has 0 spiro atoms. The highest BCUT2D eigenvalue weighted by molar-refractivity contribution is 8.93. The summed E-state index contributed by atoms with van der Waals surface area (Å²) in [5, 5.41) is 2.03. The summed E-state index contributed by atoms with van der Waals surface area (Å²) < 4.78 is 1.80. The molecule has 2 aromatic heterocycles. The molecule has 0 aliphatic rings. The monoisotopic (exact) mass is 375 g/mol. The maximum Gasteiger partial charge on any atom is 0.287 e. The number of aromatic nitrogens is 2. The second-order valence-corrected chi connectivity index (χ2v) is 5.83. The van der Waals surface area contributed by atoms with Gasteiger partial charge in [0.15, 0.2) is 12.2 Å². The summed E-state index contributed by atoms with van der Waals surface area (Å²) in [6, 6.07) is 13.6. The molecule has 0 saturated carbocycles. The Morgan fingerprint density at radius 1 is 1.18 bits per heavy atom. The van der Waals surface area contributed by atoms with Crippen molar-refractivity contribution in [3.8, 4) is 10.6 Å². The first-order chi connectivity index (χ1) is 10.2. The summed E-state index contributed by atoms with van der Waals surface area (Å²) in [7, 11) is 0. The quantitative estimate of drug-likeness (QED) is 0.512. The van der Waals surface area contributed by atoms with E-state index < -0.39 is 0 Å². The van der Waals surface area contributed by atoms with E-state index in [-0.39, 0.29) is 22.8 Å². The maximum absolute atomic E-state index is 12.2. The topological polar surface area (TPSA) is 33.8 Å². The first-order valence-corrected chi connectivity index (χ1v) is 7.59. The summed E-state index contributed by atoms with van der Waals surface area (Å²) >= 11 is 1.66. The number of carbonyl (C=O) groups is 1. The number of hydrogen-bond donors (Lipinski definition) is 0. The lowest BCUT2D eigenvalue weighted by atomic mass is 10.1. The Bertz CT molecular complexity index is 737. The second-order valence-electron chi connectivity index (χ2n) is 4.88. The molecule has 0 bridgehead atoms. The fourth-order valence-corrected chi connectivity index (χ4v) is 2.75. The summed E-state index contributed by atoms with van der Waals surface area (Å²) in [4.78, 5) is 17.7. The zero-order valence-corrected chi connectivity index (χ0v) is 14.6. The average molecular weight is 376 g/mol. The Morgan fingerprint density at radius 2 is 1.95 bits per heavy atom. The molecule has 1 aromatic carbocycles. The third-order valence-electron chi connectivity index (χ3n) is 3.24. The largest absolute Gasteiger partial charge is 0.290 e. The van der Waals surface area contributed by atoms with Gasteiger partial charge in [0.2, 0.25) is 5.78 Å². The first-order valence-electron chi connectivity index (χ1n) is 6.71. The van der Waals surface area contributed by atoms with Crippen molar-refractivity contribution in [2.75, 3.05) is 0 Å². The molecule has 0 fully saturated rings. The molecule has 0 saturated heterocycles. The lowest BCUT2D eigenvalue weighted by Crippen LogP contribution is -2.37. The van der Waals surface area contributed by atoms with E-state index in [4.69, 9.17) is 0 Å². The number of ketones is 1. The predicted octanol–water partition coefficient (Wildman–Crippen LogP) is 3.87. The van der Waals surface area contributed by atoms with Crippen LogP contribution in [0.5, 0.6) is 0 Å². The molecule has 0 radical (unpaired) electrons. The van der Waals surface area contributed by atoms with Gasteiger partial charge in [0.25, 0.3) is 6.33 Å². The van der Waals surface area contributed by atoms with Gasteiger partial charge in [-0.15, -0.1) is 28.3 Å².